The van der Waals surface area contributed by atoms with Gasteiger partial charge in [0.1, 0.15) is 5.82 Å². The van der Waals surface area contributed by atoms with Gasteiger partial charge in [0, 0.05) is 42.5 Å². The highest BCUT2D eigenvalue weighted by molar-refractivity contribution is 7.99. The van der Waals surface area contributed by atoms with Gasteiger partial charge in [-0.05, 0) is 60.5 Å². The normalized spacial score (nSPS) is 19.3. The zero-order valence-corrected chi connectivity index (χ0v) is 16.9. The highest BCUT2D eigenvalue weighted by atomic mass is 32.2. The van der Waals surface area contributed by atoms with Crippen LogP contribution in [0.25, 0.3) is 5.57 Å². The van der Waals surface area contributed by atoms with Crippen LogP contribution >= 0.6 is 11.8 Å². The maximum atomic E-state index is 13.8. The van der Waals surface area contributed by atoms with E-state index < -0.39 is 11.7 Å². The molecule has 4 rings (SSSR count). The molecule has 2 aromatic rings. The molecule has 2 heterocycles. The number of hydrogen-bond acceptors (Lipinski definition) is 3. The molecule has 1 fully saturated rings. The van der Waals surface area contributed by atoms with Crippen LogP contribution in [0.5, 0.6) is 0 Å². The Bertz CT molecular complexity index is 931. The Balaban J connectivity index is 1.66. The standard InChI is InChI=1S/C22H22F4N2S/c1-27-9-11-28(12-10-27)8-2-3-17-18-6-5-16(23)14-21(18)29-20-7-4-15(13-19(17)20)22(24,25)26/h3-7,13-14H,2,8-12H2,1H3. The number of halogens is 4. The number of fused-ring (bicyclic) bond motifs is 2. The fourth-order valence-corrected chi connectivity index (χ4v) is 4.87. The third-order valence-electron chi connectivity index (χ3n) is 5.44. The lowest BCUT2D eigenvalue weighted by molar-refractivity contribution is -0.137. The number of likely N-dealkylation sites (N-methyl/N-ethyl adjacent to an activating group) is 1. The SMILES string of the molecule is CN1CCN(CCC=C2c3ccc(F)cc3Sc3ccc(C(F)(F)F)cc32)CC1. The molecule has 1 saturated heterocycles. The molecule has 0 saturated carbocycles. The first-order valence-corrected chi connectivity index (χ1v) is 10.4. The van der Waals surface area contributed by atoms with Gasteiger partial charge >= 0.3 is 6.18 Å². The summed E-state index contributed by atoms with van der Waals surface area (Å²) in [5, 5.41) is 0. The van der Waals surface area contributed by atoms with E-state index in [4.69, 9.17) is 0 Å². The van der Waals surface area contributed by atoms with E-state index in [1.807, 2.05) is 6.08 Å². The second-order valence-corrected chi connectivity index (χ2v) is 8.59. The molecular formula is C22H22F4N2S. The summed E-state index contributed by atoms with van der Waals surface area (Å²) in [4.78, 5) is 6.12. The minimum absolute atomic E-state index is 0.344. The predicted octanol–water partition coefficient (Wildman–Crippen LogP) is 5.38. The van der Waals surface area contributed by atoms with E-state index in [-0.39, 0.29) is 5.82 Å². The number of alkyl halides is 3. The van der Waals surface area contributed by atoms with Crippen molar-refractivity contribution in [3.05, 3.63) is 65.0 Å². The van der Waals surface area contributed by atoms with Crippen LogP contribution in [0.4, 0.5) is 17.6 Å². The lowest BCUT2D eigenvalue weighted by atomic mass is 9.94. The Morgan fingerprint density at radius 1 is 0.966 bits per heavy atom. The first kappa shape index (κ1) is 20.4. The minimum atomic E-state index is -4.40. The first-order valence-electron chi connectivity index (χ1n) is 9.62. The molecule has 0 N–H and O–H groups in total. The molecule has 2 aliphatic heterocycles. The average Bonchev–Trinajstić information content (AvgIpc) is 2.67. The van der Waals surface area contributed by atoms with Crippen molar-refractivity contribution in [2.24, 2.45) is 0 Å². The van der Waals surface area contributed by atoms with Crippen molar-refractivity contribution in [3.8, 4) is 0 Å². The van der Waals surface area contributed by atoms with Crippen LogP contribution in [0.2, 0.25) is 0 Å². The number of benzene rings is 2. The highest BCUT2D eigenvalue weighted by Gasteiger charge is 2.32. The van der Waals surface area contributed by atoms with Crippen LogP contribution in [-0.4, -0.2) is 49.6 Å². The summed E-state index contributed by atoms with van der Waals surface area (Å²) in [5.41, 5.74) is 1.46. The topological polar surface area (TPSA) is 6.48 Å². The van der Waals surface area contributed by atoms with Crippen molar-refractivity contribution in [2.75, 3.05) is 39.8 Å². The Hall–Kier alpha value is -1.83. The molecule has 0 bridgehead atoms. The monoisotopic (exact) mass is 422 g/mol. The minimum Gasteiger partial charge on any atom is -0.304 e. The van der Waals surface area contributed by atoms with E-state index in [1.165, 1.54) is 36.0 Å². The maximum Gasteiger partial charge on any atom is 0.416 e. The molecule has 29 heavy (non-hydrogen) atoms. The van der Waals surface area contributed by atoms with Gasteiger partial charge in [-0.1, -0.05) is 23.9 Å². The second kappa shape index (κ2) is 8.13. The Morgan fingerprint density at radius 2 is 1.72 bits per heavy atom. The molecule has 0 unspecified atom stereocenters. The summed E-state index contributed by atoms with van der Waals surface area (Å²) in [7, 11) is 2.10. The van der Waals surface area contributed by atoms with Gasteiger partial charge in [-0.3, -0.25) is 0 Å². The zero-order valence-electron chi connectivity index (χ0n) is 16.1. The van der Waals surface area contributed by atoms with E-state index >= 15 is 0 Å². The van der Waals surface area contributed by atoms with Crippen LogP contribution in [0.3, 0.4) is 0 Å². The maximum absolute atomic E-state index is 13.8. The summed E-state index contributed by atoms with van der Waals surface area (Å²) in [5.74, 6) is -0.344. The molecule has 2 aromatic carbocycles. The summed E-state index contributed by atoms with van der Waals surface area (Å²) in [6, 6.07) is 8.29. The molecule has 0 radical (unpaired) electrons. The number of hydrogen-bond donors (Lipinski definition) is 0. The van der Waals surface area contributed by atoms with Crippen molar-refractivity contribution in [1.82, 2.24) is 9.80 Å². The predicted molar refractivity (Wildman–Crippen MR) is 108 cm³/mol. The largest absolute Gasteiger partial charge is 0.416 e. The summed E-state index contributed by atoms with van der Waals surface area (Å²) in [6.07, 6.45) is -1.66. The van der Waals surface area contributed by atoms with Crippen LogP contribution in [0, 0.1) is 5.82 Å². The molecule has 0 atom stereocenters. The van der Waals surface area contributed by atoms with Gasteiger partial charge in [-0.2, -0.15) is 13.2 Å². The molecule has 2 nitrogen and oxygen atoms in total. The Kier molecular flexibility index (Phi) is 5.73. The van der Waals surface area contributed by atoms with Crippen LogP contribution < -0.4 is 0 Å². The lowest BCUT2D eigenvalue weighted by Gasteiger charge is -2.32. The fourth-order valence-electron chi connectivity index (χ4n) is 3.76. The molecule has 0 spiro atoms. The van der Waals surface area contributed by atoms with E-state index in [9.17, 15) is 17.6 Å². The van der Waals surface area contributed by atoms with E-state index in [0.29, 0.717) is 5.56 Å². The van der Waals surface area contributed by atoms with Crippen molar-refractivity contribution >= 4 is 17.3 Å². The third kappa shape index (κ3) is 4.52. The van der Waals surface area contributed by atoms with Crippen molar-refractivity contribution in [1.29, 1.82) is 0 Å². The average molecular weight is 422 g/mol. The van der Waals surface area contributed by atoms with Crippen LogP contribution in [0.15, 0.2) is 52.3 Å². The quantitative estimate of drug-likeness (QED) is 0.524. The molecule has 7 heteroatoms. The summed E-state index contributed by atoms with van der Waals surface area (Å²) in [6.45, 7) is 4.88. The number of rotatable bonds is 3. The smallest absolute Gasteiger partial charge is 0.304 e. The van der Waals surface area contributed by atoms with Crippen molar-refractivity contribution in [2.45, 2.75) is 22.4 Å². The van der Waals surface area contributed by atoms with Gasteiger partial charge in [-0.25, -0.2) is 4.39 Å². The molecule has 0 aromatic heterocycles. The van der Waals surface area contributed by atoms with Crippen LogP contribution in [0.1, 0.15) is 23.1 Å². The highest BCUT2D eigenvalue weighted by Crippen LogP contribution is 2.47. The van der Waals surface area contributed by atoms with Gasteiger partial charge in [0.15, 0.2) is 0 Å². The van der Waals surface area contributed by atoms with Gasteiger partial charge in [0.25, 0.3) is 0 Å². The molecule has 2 aliphatic rings. The molecule has 0 amide bonds. The Labute approximate surface area is 172 Å². The number of piperazine rings is 1. The Morgan fingerprint density at radius 3 is 2.45 bits per heavy atom. The van der Waals surface area contributed by atoms with E-state index in [1.54, 1.807) is 6.07 Å². The molecule has 154 valence electrons. The summed E-state index contributed by atoms with van der Waals surface area (Å²) < 4.78 is 53.6. The van der Waals surface area contributed by atoms with Crippen molar-refractivity contribution in [3.63, 3.8) is 0 Å². The first-order chi connectivity index (χ1) is 13.8. The van der Waals surface area contributed by atoms with Crippen LogP contribution in [-0.2, 0) is 6.18 Å². The molecule has 0 aliphatic carbocycles. The molecular weight excluding hydrogens is 400 g/mol. The van der Waals surface area contributed by atoms with Gasteiger partial charge in [0.2, 0.25) is 0 Å². The third-order valence-corrected chi connectivity index (χ3v) is 6.57. The van der Waals surface area contributed by atoms with E-state index in [2.05, 4.69) is 16.8 Å². The number of nitrogens with zero attached hydrogens (tertiary/aromatic N) is 2. The van der Waals surface area contributed by atoms with Crippen molar-refractivity contribution < 1.29 is 17.6 Å². The second-order valence-electron chi connectivity index (χ2n) is 7.50. The van der Waals surface area contributed by atoms with E-state index in [0.717, 1.165) is 66.1 Å². The lowest BCUT2D eigenvalue weighted by Crippen LogP contribution is -2.44. The fraction of sp³-hybridized carbons (Fsp3) is 0.364. The van der Waals surface area contributed by atoms with Gasteiger partial charge in [-0.15, -0.1) is 0 Å². The summed E-state index contributed by atoms with van der Waals surface area (Å²) >= 11 is 1.32. The zero-order chi connectivity index (χ0) is 20.6. The van der Waals surface area contributed by atoms with Gasteiger partial charge < -0.3 is 9.80 Å². The van der Waals surface area contributed by atoms with Gasteiger partial charge in [0.05, 0.1) is 5.56 Å².